The van der Waals surface area contributed by atoms with E-state index in [1.807, 2.05) is 17.0 Å². The zero-order valence-corrected chi connectivity index (χ0v) is 18.1. The molecule has 1 N–H and O–H groups in total. The molecule has 2 aromatic rings. The number of halogens is 1. The number of likely N-dealkylation sites (tertiary alicyclic amines) is 1. The van der Waals surface area contributed by atoms with Crippen LogP contribution in [0.3, 0.4) is 0 Å². The van der Waals surface area contributed by atoms with E-state index in [9.17, 15) is 22.7 Å². The standard InChI is InChI=1S/C23H27FN2O4S/c24-20-5-9-22(10-6-20)31(29,30)26-13-1-2-19(16-26)23(28)25-14-11-18(12-15-25)17-3-7-21(27)8-4-17/h3-10,18-19,27H,1-2,11-16H2. The van der Waals surface area contributed by atoms with Crippen molar-refractivity contribution in [3.8, 4) is 5.75 Å². The molecule has 0 saturated carbocycles. The number of aromatic hydroxyl groups is 1. The van der Waals surface area contributed by atoms with Gasteiger partial charge in [0.05, 0.1) is 10.8 Å². The van der Waals surface area contributed by atoms with Crippen LogP contribution < -0.4 is 0 Å². The highest BCUT2D eigenvalue weighted by atomic mass is 32.2. The number of hydrogen-bond acceptors (Lipinski definition) is 4. The summed E-state index contributed by atoms with van der Waals surface area (Å²) < 4.78 is 40.4. The lowest BCUT2D eigenvalue weighted by molar-refractivity contribution is -0.137. The molecule has 2 aliphatic heterocycles. The average molecular weight is 447 g/mol. The maximum atomic E-state index is 13.2. The molecule has 8 heteroatoms. The molecular formula is C23H27FN2O4S. The zero-order valence-electron chi connectivity index (χ0n) is 17.3. The van der Waals surface area contributed by atoms with Crippen LogP contribution in [0, 0.1) is 11.7 Å². The van der Waals surface area contributed by atoms with E-state index in [4.69, 9.17) is 0 Å². The Morgan fingerprint density at radius 1 is 0.935 bits per heavy atom. The molecule has 2 fully saturated rings. The third-order valence-electron chi connectivity index (χ3n) is 6.36. The van der Waals surface area contributed by atoms with Gasteiger partial charge in [-0.1, -0.05) is 12.1 Å². The van der Waals surface area contributed by atoms with Gasteiger partial charge in [-0.15, -0.1) is 0 Å². The predicted octanol–water partition coefficient (Wildman–Crippen LogP) is 3.34. The zero-order chi connectivity index (χ0) is 22.0. The van der Waals surface area contributed by atoms with Crippen molar-refractivity contribution in [2.24, 2.45) is 5.92 Å². The quantitative estimate of drug-likeness (QED) is 0.782. The van der Waals surface area contributed by atoms with Gasteiger partial charge in [0.2, 0.25) is 15.9 Å². The summed E-state index contributed by atoms with van der Waals surface area (Å²) in [7, 11) is -3.75. The molecule has 0 bridgehead atoms. The normalized spacial score (nSPS) is 21.2. The highest BCUT2D eigenvalue weighted by Gasteiger charge is 2.36. The molecule has 1 amide bonds. The van der Waals surface area contributed by atoms with E-state index in [1.54, 1.807) is 12.1 Å². The van der Waals surface area contributed by atoms with Crippen LogP contribution in [0.2, 0.25) is 0 Å². The fourth-order valence-electron chi connectivity index (χ4n) is 4.56. The van der Waals surface area contributed by atoms with E-state index in [0.29, 0.717) is 38.4 Å². The molecule has 4 rings (SSSR count). The fraction of sp³-hybridized carbons (Fsp3) is 0.435. The number of rotatable bonds is 4. The van der Waals surface area contributed by atoms with Crippen molar-refractivity contribution in [1.82, 2.24) is 9.21 Å². The molecule has 2 aliphatic rings. The Kier molecular flexibility index (Phi) is 6.29. The van der Waals surface area contributed by atoms with Crippen molar-refractivity contribution in [3.05, 3.63) is 59.9 Å². The van der Waals surface area contributed by atoms with Crippen molar-refractivity contribution < 1.29 is 22.7 Å². The summed E-state index contributed by atoms with van der Waals surface area (Å²) in [6.45, 7) is 1.82. The second-order valence-corrected chi connectivity index (χ2v) is 10.3. The van der Waals surface area contributed by atoms with Crippen molar-refractivity contribution in [2.45, 2.75) is 36.5 Å². The number of nitrogens with zero attached hydrogens (tertiary/aromatic N) is 2. The number of hydrogen-bond donors (Lipinski definition) is 1. The Labute approximate surface area is 182 Å². The molecule has 2 aromatic carbocycles. The summed E-state index contributed by atoms with van der Waals surface area (Å²) in [4.78, 5) is 15.0. The largest absolute Gasteiger partial charge is 0.508 e. The molecule has 2 heterocycles. The lowest BCUT2D eigenvalue weighted by Gasteiger charge is -2.37. The first kappa shape index (κ1) is 21.8. The van der Waals surface area contributed by atoms with Crippen LogP contribution in [0.1, 0.15) is 37.2 Å². The summed E-state index contributed by atoms with van der Waals surface area (Å²) in [6.07, 6.45) is 2.99. The molecule has 0 spiro atoms. The van der Waals surface area contributed by atoms with Gasteiger partial charge in [0.1, 0.15) is 11.6 Å². The Bertz CT molecular complexity index is 1020. The van der Waals surface area contributed by atoms with E-state index in [2.05, 4.69) is 0 Å². The molecular weight excluding hydrogens is 419 g/mol. The van der Waals surface area contributed by atoms with Gasteiger partial charge in [-0.05, 0) is 73.6 Å². The summed E-state index contributed by atoms with van der Waals surface area (Å²) in [5.74, 6) is -0.223. The second kappa shape index (κ2) is 8.96. The smallest absolute Gasteiger partial charge is 0.243 e. The van der Waals surface area contributed by atoms with Gasteiger partial charge in [-0.2, -0.15) is 4.31 Å². The van der Waals surface area contributed by atoms with Gasteiger partial charge in [-0.25, -0.2) is 12.8 Å². The molecule has 0 aliphatic carbocycles. The van der Waals surface area contributed by atoms with Crippen LogP contribution >= 0.6 is 0 Å². The summed E-state index contributed by atoms with van der Waals surface area (Å²) in [5.41, 5.74) is 1.17. The van der Waals surface area contributed by atoms with Crippen molar-refractivity contribution in [3.63, 3.8) is 0 Å². The SMILES string of the molecule is O=C(C1CCCN(S(=O)(=O)c2ccc(F)cc2)C1)N1CCC(c2ccc(O)cc2)CC1. The van der Waals surface area contributed by atoms with Crippen LogP contribution in [0.25, 0.3) is 0 Å². The van der Waals surface area contributed by atoms with E-state index >= 15 is 0 Å². The maximum Gasteiger partial charge on any atom is 0.243 e. The number of carbonyl (C=O) groups is 1. The molecule has 166 valence electrons. The Balaban J connectivity index is 1.38. The first-order valence-electron chi connectivity index (χ1n) is 10.7. The number of phenols is 1. The highest BCUT2D eigenvalue weighted by Crippen LogP contribution is 2.31. The summed E-state index contributed by atoms with van der Waals surface area (Å²) >= 11 is 0. The Morgan fingerprint density at radius 2 is 1.58 bits per heavy atom. The van der Waals surface area contributed by atoms with Crippen LogP contribution in [0.4, 0.5) is 4.39 Å². The number of amides is 1. The number of piperidine rings is 2. The van der Waals surface area contributed by atoms with Gasteiger partial charge in [0.15, 0.2) is 0 Å². The highest BCUT2D eigenvalue weighted by molar-refractivity contribution is 7.89. The number of carbonyl (C=O) groups excluding carboxylic acids is 1. The minimum atomic E-state index is -3.75. The monoisotopic (exact) mass is 446 g/mol. The maximum absolute atomic E-state index is 13.2. The van der Waals surface area contributed by atoms with Gasteiger partial charge in [0, 0.05) is 26.2 Å². The molecule has 0 aromatic heterocycles. The van der Waals surface area contributed by atoms with E-state index in [0.717, 1.165) is 25.0 Å². The Morgan fingerprint density at radius 3 is 2.23 bits per heavy atom. The van der Waals surface area contributed by atoms with E-state index in [-0.39, 0.29) is 29.0 Å². The van der Waals surface area contributed by atoms with Crippen LogP contribution in [-0.2, 0) is 14.8 Å². The van der Waals surface area contributed by atoms with E-state index in [1.165, 1.54) is 22.0 Å². The predicted molar refractivity (Wildman–Crippen MR) is 115 cm³/mol. The molecule has 0 radical (unpaired) electrons. The van der Waals surface area contributed by atoms with Crippen molar-refractivity contribution in [2.75, 3.05) is 26.2 Å². The minimum Gasteiger partial charge on any atom is -0.508 e. The first-order valence-corrected chi connectivity index (χ1v) is 12.1. The fourth-order valence-corrected chi connectivity index (χ4v) is 6.08. The second-order valence-electron chi connectivity index (χ2n) is 8.35. The van der Waals surface area contributed by atoms with Gasteiger partial charge in [-0.3, -0.25) is 4.79 Å². The van der Waals surface area contributed by atoms with Crippen LogP contribution in [0.15, 0.2) is 53.4 Å². The average Bonchev–Trinajstić information content (AvgIpc) is 2.80. The molecule has 6 nitrogen and oxygen atoms in total. The van der Waals surface area contributed by atoms with Crippen molar-refractivity contribution in [1.29, 1.82) is 0 Å². The third kappa shape index (κ3) is 4.75. The summed E-state index contributed by atoms with van der Waals surface area (Å²) in [6, 6.07) is 12.0. The summed E-state index contributed by atoms with van der Waals surface area (Å²) in [5, 5.41) is 9.46. The van der Waals surface area contributed by atoms with Gasteiger partial charge >= 0.3 is 0 Å². The molecule has 31 heavy (non-hydrogen) atoms. The van der Waals surface area contributed by atoms with Gasteiger partial charge in [0.25, 0.3) is 0 Å². The van der Waals surface area contributed by atoms with E-state index < -0.39 is 15.8 Å². The third-order valence-corrected chi connectivity index (χ3v) is 8.24. The number of phenolic OH excluding ortho intramolecular Hbond substituents is 1. The van der Waals surface area contributed by atoms with Crippen LogP contribution in [0.5, 0.6) is 5.75 Å². The van der Waals surface area contributed by atoms with Crippen LogP contribution in [-0.4, -0.2) is 54.8 Å². The molecule has 2 saturated heterocycles. The molecule has 1 unspecified atom stereocenters. The lowest BCUT2D eigenvalue weighted by Crippen LogP contribution is -2.48. The minimum absolute atomic E-state index is 0.0168. The van der Waals surface area contributed by atoms with Gasteiger partial charge < -0.3 is 10.0 Å². The first-order chi connectivity index (χ1) is 14.8. The van der Waals surface area contributed by atoms with Crippen molar-refractivity contribution >= 4 is 15.9 Å². The lowest BCUT2D eigenvalue weighted by atomic mass is 9.88. The molecule has 1 atom stereocenters. The number of sulfonamides is 1. The topological polar surface area (TPSA) is 77.9 Å². The Hall–Kier alpha value is -2.45. The number of benzene rings is 2.